The summed E-state index contributed by atoms with van der Waals surface area (Å²) in [6.45, 7) is 5.00. The highest BCUT2D eigenvalue weighted by molar-refractivity contribution is 7.21. The number of aromatic nitrogens is 4. The zero-order chi connectivity index (χ0) is 31.4. The summed E-state index contributed by atoms with van der Waals surface area (Å²) in [5.74, 6) is -0.718. The van der Waals surface area contributed by atoms with Crippen LogP contribution in [0.15, 0.2) is 48.8 Å². The molecule has 0 aliphatic carbocycles. The number of hydrogen-bond acceptors (Lipinski definition) is 11. The summed E-state index contributed by atoms with van der Waals surface area (Å²) in [7, 11) is 1.53. The second kappa shape index (κ2) is 13.1. The van der Waals surface area contributed by atoms with Gasteiger partial charge in [0.1, 0.15) is 23.4 Å². The van der Waals surface area contributed by atoms with Crippen LogP contribution in [0.3, 0.4) is 0 Å². The summed E-state index contributed by atoms with van der Waals surface area (Å²) >= 11 is 1.36. The molecule has 0 fully saturated rings. The molecule has 3 aromatic heterocycles. The Balaban J connectivity index is 1.24. The van der Waals surface area contributed by atoms with Crippen molar-refractivity contribution in [2.45, 2.75) is 33.0 Å². The van der Waals surface area contributed by atoms with Crippen molar-refractivity contribution in [3.63, 3.8) is 0 Å². The Morgan fingerprint density at radius 1 is 1.09 bits per heavy atom. The van der Waals surface area contributed by atoms with Gasteiger partial charge >= 0.3 is 6.09 Å². The number of amides is 2. The molecule has 228 valence electrons. The molecule has 5 rings (SSSR count). The molecule has 44 heavy (non-hydrogen) atoms. The van der Waals surface area contributed by atoms with Gasteiger partial charge in [-0.1, -0.05) is 0 Å². The van der Waals surface area contributed by atoms with Gasteiger partial charge in [0.25, 0.3) is 5.91 Å². The van der Waals surface area contributed by atoms with Gasteiger partial charge in [-0.2, -0.15) is 0 Å². The number of rotatable bonds is 10. The normalized spacial score (nSPS) is 12.5. The van der Waals surface area contributed by atoms with Crippen molar-refractivity contribution in [3.8, 4) is 22.2 Å². The molecule has 14 heteroatoms. The highest BCUT2D eigenvalue weighted by Gasteiger charge is 2.18. The number of thiazole rings is 1. The van der Waals surface area contributed by atoms with E-state index in [4.69, 9.17) is 14.2 Å². The van der Waals surface area contributed by atoms with Gasteiger partial charge in [-0.3, -0.25) is 15.1 Å². The largest absolute Gasteiger partial charge is 0.484 e. The number of anilines is 1. The number of nitrogens with one attached hydrogen (secondary N) is 2. The molecule has 0 saturated heterocycles. The first kappa shape index (κ1) is 30.5. The lowest BCUT2D eigenvalue weighted by Gasteiger charge is -2.16. The van der Waals surface area contributed by atoms with Gasteiger partial charge < -0.3 is 24.6 Å². The second-order valence-corrected chi connectivity index (χ2v) is 11.0. The summed E-state index contributed by atoms with van der Waals surface area (Å²) in [6.07, 6.45) is 0.697. The van der Waals surface area contributed by atoms with Gasteiger partial charge in [-0.15, -0.1) is 11.3 Å². The number of carbonyl (C=O) groups is 2. The maximum atomic E-state index is 15.0. The van der Waals surface area contributed by atoms with Crippen LogP contribution in [0.1, 0.15) is 29.9 Å². The van der Waals surface area contributed by atoms with E-state index >= 15 is 4.39 Å². The predicted octanol–water partition coefficient (Wildman–Crippen LogP) is 4.88. The topological polar surface area (TPSA) is 158 Å². The lowest BCUT2D eigenvalue weighted by atomic mass is 10.1. The number of halogens is 1. The fourth-order valence-electron chi connectivity index (χ4n) is 4.21. The molecule has 2 amide bonds. The quantitative estimate of drug-likeness (QED) is 0.196. The van der Waals surface area contributed by atoms with Gasteiger partial charge in [0, 0.05) is 36.1 Å². The van der Waals surface area contributed by atoms with Crippen molar-refractivity contribution in [2.75, 3.05) is 25.6 Å². The molecule has 0 aliphatic heterocycles. The zero-order valence-electron chi connectivity index (χ0n) is 24.3. The molecule has 0 radical (unpaired) electrons. The minimum atomic E-state index is -0.795. The van der Waals surface area contributed by atoms with E-state index in [9.17, 15) is 14.7 Å². The molecule has 3 N–H and O–H groups in total. The van der Waals surface area contributed by atoms with E-state index in [2.05, 4.69) is 30.6 Å². The van der Waals surface area contributed by atoms with Crippen molar-refractivity contribution in [3.05, 3.63) is 65.9 Å². The molecule has 0 saturated carbocycles. The van der Waals surface area contributed by atoms with Gasteiger partial charge in [-0.05, 0) is 50.6 Å². The van der Waals surface area contributed by atoms with Crippen molar-refractivity contribution in [1.29, 1.82) is 0 Å². The second-order valence-electron chi connectivity index (χ2n) is 10.0. The Hall–Kier alpha value is -4.95. The fourth-order valence-corrected chi connectivity index (χ4v) is 5.20. The fraction of sp³-hybridized carbons (Fsp3) is 0.267. The predicted molar refractivity (Wildman–Crippen MR) is 163 cm³/mol. The Morgan fingerprint density at radius 3 is 2.68 bits per heavy atom. The van der Waals surface area contributed by atoms with E-state index in [1.54, 1.807) is 13.0 Å². The van der Waals surface area contributed by atoms with Crippen LogP contribution in [-0.4, -0.2) is 69.5 Å². The molecule has 3 heterocycles. The minimum Gasteiger partial charge on any atom is -0.484 e. The van der Waals surface area contributed by atoms with Gasteiger partial charge in [0.05, 0.1) is 40.7 Å². The molecule has 2 aromatic carbocycles. The maximum Gasteiger partial charge on any atom is 0.411 e. The molecule has 2 atom stereocenters. The van der Waals surface area contributed by atoms with Crippen molar-refractivity contribution < 1.29 is 33.3 Å². The SMILES string of the molecule is COc1cnc2c(-c3nc4cc(F)c(O[C@@H](C)COC(=O)Nc5ccnc(C(=O)NC[C@H](C)O)c5)cc4s3)cc(C)cc2n1. The van der Waals surface area contributed by atoms with E-state index in [1.165, 1.54) is 56.0 Å². The minimum absolute atomic E-state index is 0.00942. The number of benzene rings is 2. The van der Waals surface area contributed by atoms with Crippen LogP contribution < -0.4 is 20.1 Å². The van der Waals surface area contributed by atoms with Crippen LogP contribution in [0, 0.1) is 12.7 Å². The standard InChI is InChI=1S/C30H29FN6O6S/c1-15-7-19(27-22(8-15)36-26(41-4)13-33-27)29-37-21-10-20(31)24(11-25(21)44-29)43-17(3)14-42-30(40)35-18-5-6-32-23(9-18)28(39)34-12-16(2)38/h5-11,13,16-17,38H,12,14H2,1-4H3,(H,34,39)(H,32,35,40)/t16-,17-/m0/s1. The molecule has 0 aliphatic rings. The average molecular weight is 621 g/mol. The first-order valence-electron chi connectivity index (χ1n) is 13.5. The Kier molecular flexibility index (Phi) is 9.11. The van der Waals surface area contributed by atoms with Crippen LogP contribution >= 0.6 is 11.3 Å². The Morgan fingerprint density at radius 2 is 1.91 bits per heavy atom. The van der Waals surface area contributed by atoms with E-state index in [0.717, 1.165) is 11.1 Å². The average Bonchev–Trinajstić information content (AvgIpc) is 3.40. The van der Waals surface area contributed by atoms with E-state index < -0.39 is 30.0 Å². The third kappa shape index (κ3) is 7.15. The third-order valence-corrected chi connectivity index (χ3v) is 7.28. The van der Waals surface area contributed by atoms with E-state index in [0.29, 0.717) is 32.1 Å². The third-order valence-electron chi connectivity index (χ3n) is 6.22. The van der Waals surface area contributed by atoms with Crippen LogP contribution in [0.25, 0.3) is 31.8 Å². The molecular weight excluding hydrogens is 591 g/mol. The Labute approximate surface area is 255 Å². The maximum absolute atomic E-state index is 15.0. The highest BCUT2D eigenvalue weighted by atomic mass is 32.1. The Bertz CT molecular complexity index is 1850. The number of hydrogen-bond donors (Lipinski definition) is 3. The number of nitrogens with zero attached hydrogens (tertiary/aromatic N) is 4. The molecular formula is C30H29FN6O6S. The molecule has 5 aromatic rings. The number of aryl methyl sites for hydroxylation is 1. The summed E-state index contributed by atoms with van der Waals surface area (Å²) in [5.41, 5.74) is 3.85. The molecule has 0 bridgehead atoms. The number of pyridine rings is 1. The van der Waals surface area contributed by atoms with E-state index in [-0.39, 0.29) is 30.3 Å². The highest BCUT2D eigenvalue weighted by Crippen LogP contribution is 2.37. The first-order chi connectivity index (χ1) is 21.1. The summed E-state index contributed by atoms with van der Waals surface area (Å²) < 4.78 is 31.9. The van der Waals surface area contributed by atoms with Gasteiger partial charge in [0.15, 0.2) is 11.6 Å². The van der Waals surface area contributed by atoms with Crippen molar-refractivity contribution in [1.82, 2.24) is 25.3 Å². The van der Waals surface area contributed by atoms with E-state index in [1.807, 2.05) is 19.1 Å². The summed E-state index contributed by atoms with van der Waals surface area (Å²) in [5, 5.41) is 15.0. The number of ether oxygens (including phenoxy) is 3. The summed E-state index contributed by atoms with van der Waals surface area (Å²) in [6, 6.07) is 9.59. The van der Waals surface area contributed by atoms with Crippen molar-refractivity contribution in [2.24, 2.45) is 0 Å². The van der Waals surface area contributed by atoms with Gasteiger partial charge in [-0.25, -0.2) is 24.1 Å². The van der Waals surface area contributed by atoms with Crippen LogP contribution in [0.4, 0.5) is 14.9 Å². The smallest absolute Gasteiger partial charge is 0.411 e. The number of aliphatic hydroxyl groups is 1. The number of carbonyl (C=O) groups excluding carboxylic acids is 2. The van der Waals surface area contributed by atoms with Gasteiger partial charge in [0.2, 0.25) is 5.88 Å². The number of aliphatic hydroxyl groups excluding tert-OH is 1. The summed E-state index contributed by atoms with van der Waals surface area (Å²) in [4.78, 5) is 42.1. The lowest BCUT2D eigenvalue weighted by Crippen LogP contribution is -2.31. The monoisotopic (exact) mass is 620 g/mol. The molecule has 12 nitrogen and oxygen atoms in total. The zero-order valence-corrected chi connectivity index (χ0v) is 25.1. The molecule has 0 unspecified atom stereocenters. The number of fused-ring (bicyclic) bond motifs is 2. The first-order valence-corrected chi connectivity index (χ1v) is 14.4. The van der Waals surface area contributed by atoms with Crippen molar-refractivity contribution >= 4 is 50.3 Å². The lowest BCUT2D eigenvalue weighted by molar-refractivity contribution is 0.0918. The van der Waals surface area contributed by atoms with Crippen LogP contribution in [0.5, 0.6) is 11.6 Å². The number of methoxy groups -OCH3 is 1. The van der Waals surface area contributed by atoms with Crippen LogP contribution in [-0.2, 0) is 4.74 Å². The van der Waals surface area contributed by atoms with Crippen LogP contribution in [0.2, 0.25) is 0 Å². The molecule has 0 spiro atoms.